The molecular weight excluding hydrogens is 302 g/mol. The lowest BCUT2D eigenvalue weighted by molar-refractivity contribution is -0.117. The average Bonchev–Trinajstić information content (AvgIpc) is 2.45. The molecule has 0 aliphatic heterocycles. The van der Waals surface area contributed by atoms with E-state index in [9.17, 15) is 13.2 Å². The first-order valence-corrected chi connectivity index (χ1v) is 8.19. The molecule has 1 radical (unpaired) electrons. The Morgan fingerprint density at radius 2 is 1.91 bits per heavy atom. The van der Waals surface area contributed by atoms with Gasteiger partial charge >= 0.3 is 0 Å². The van der Waals surface area contributed by atoms with Gasteiger partial charge in [-0.3, -0.25) is 15.5 Å². The molecule has 0 spiro atoms. The molecule has 0 aliphatic carbocycles. The maximum atomic E-state index is 11.9. The Morgan fingerprint density at radius 3 is 2.59 bits per heavy atom. The van der Waals surface area contributed by atoms with Gasteiger partial charge in [0.25, 0.3) is 5.91 Å². The zero-order valence-electron chi connectivity index (χ0n) is 11.8. The summed E-state index contributed by atoms with van der Waals surface area (Å²) in [5.41, 5.74) is 7.66. The van der Waals surface area contributed by atoms with E-state index < -0.39 is 15.9 Å². The highest BCUT2D eigenvalue weighted by atomic mass is 32.2. The molecule has 22 heavy (non-hydrogen) atoms. The number of amides is 1. The van der Waals surface area contributed by atoms with E-state index in [4.69, 9.17) is 5.73 Å². The number of sulfonamides is 1. The van der Waals surface area contributed by atoms with Crippen LogP contribution in [0.4, 0.5) is 5.69 Å². The van der Waals surface area contributed by atoms with Crippen LogP contribution in [0.1, 0.15) is 0 Å². The number of carbonyl (C=O) groups is 1. The van der Waals surface area contributed by atoms with Gasteiger partial charge in [0.15, 0.2) is 0 Å². The second-order valence-electron chi connectivity index (χ2n) is 4.67. The first-order chi connectivity index (χ1) is 10.4. The predicted octanol–water partition coefficient (Wildman–Crippen LogP) is 1.48. The van der Waals surface area contributed by atoms with E-state index in [-0.39, 0.29) is 12.3 Å². The summed E-state index contributed by atoms with van der Waals surface area (Å²) in [5.74, 6) is -1.17. The van der Waals surface area contributed by atoms with Crippen molar-refractivity contribution in [3.63, 3.8) is 0 Å². The van der Waals surface area contributed by atoms with Gasteiger partial charge in [0.1, 0.15) is 6.54 Å². The number of hydrogen-bond acceptors (Lipinski definition) is 4. The van der Waals surface area contributed by atoms with E-state index in [1.54, 1.807) is 12.1 Å². The summed E-state index contributed by atoms with van der Waals surface area (Å²) < 4.78 is 23.9. The van der Waals surface area contributed by atoms with Crippen molar-refractivity contribution < 1.29 is 13.2 Å². The van der Waals surface area contributed by atoms with Crippen LogP contribution in [0.3, 0.4) is 0 Å². The van der Waals surface area contributed by atoms with Crippen LogP contribution in [-0.4, -0.2) is 26.6 Å². The van der Waals surface area contributed by atoms with Crippen molar-refractivity contribution in [2.75, 3.05) is 17.3 Å². The molecule has 0 heterocycles. The quantitative estimate of drug-likeness (QED) is 0.618. The van der Waals surface area contributed by atoms with Crippen molar-refractivity contribution in [3.05, 3.63) is 55.1 Å². The normalized spacial score (nSPS) is 11.3. The molecule has 2 aromatic carbocycles. The van der Waals surface area contributed by atoms with Crippen molar-refractivity contribution in [2.24, 2.45) is 0 Å². The molecule has 1 amide bonds. The standard InChI is InChI=1S/C15H16N3O3S/c1-2-10-22(20,21)17-18(11-15(16)19)14-9-5-7-12-6-3-4-8-13(12)14/h2-9,16-17H,1,10-11H2. The van der Waals surface area contributed by atoms with E-state index in [0.717, 1.165) is 10.8 Å². The maximum Gasteiger partial charge on any atom is 0.259 e. The molecule has 0 aliphatic rings. The molecule has 0 saturated carbocycles. The van der Waals surface area contributed by atoms with E-state index in [1.165, 1.54) is 11.1 Å². The van der Waals surface area contributed by atoms with E-state index in [2.05, 4.69) is 11.4 Å². The molecule has 0 bridgehead atoms. The van der Waals surface area contributed by atoms with Crippen molar-refractivity contribution in [1.82, 2.24) is 10.6 Å². The third-order valence-electron chi connectivity index (χ3n) is 2.95. The molecule has 7 heteroatoms. The third kappa shape index (κ3) is 3.84. The zero-order chi connectivity index (χ0) is 16.2. The number of fused-ring (bicyclic) bond motifs is 1. The topological polar surface area (TPSA) is 90.3 Å². The number of rotatable bonds is 7. The number of nitrogens with one attached hydrogen (secondary N) is 2. The molecule has 0 atom stereocenters. The van der Waals surface area contributed by atoms with Crippen LogP contribution in [-0.2, 0) is 14.8 Å². The summed E-state index contributed by atoms with van der Waals surface area (Å²) in [4.78, 5) is 13.5. The van der Waals surface area contributed by atoms with Crippen molar-refractivity contribution >= 4 is 32.4 Å². The molecule has 0 unspecified atom stereocenters. The van der Waals surface area contributed by atoms with Gasteiger partial charge in [0, 0.05) is 5.39 Å². The molecule has 0 aromatic heterocycles. The van der Waals surface area contributed by atoms with Gasteiger partial charge in [-0.1, -0.05) is 42.5 Å². The second-order valence-corrected chi connectivity index (χ2v) is 6.41. The molecule has 2 aromatic rings. The van der Waals surface area contributed by atoms with Gasteiger partial charge < -0.3 is 0 Å². The molecule has 2 N–H and O–H groups in total. The van der Waals surface area contributed by atoms with Crippen molar-refractivity contribution in [1.29, 1.82) is 0 Å². The smallest absolute Gasteiger partial charge is 0.259 e. The molecule has 0 fully saturated rings. The zero-order valence-corrected chi connectivity index (χ0v) is 12.6. The summed E-state index contributed by atoms with van der Waals surface area (Å²) in [6.45, 7) is 3.01. The van der Waals surface area contributed by atoms with E-state index in [0.29, 0.717) is 5.69 Å². The maximum absolute atomic E-state index is 11.9. The number of anilines is 1. The van der Waals surface area contributed by atoms with Gasteiger partial charge in [-0.2, -0.15) is 0 Å². The summed E-state index contributed by atoms with van der Waals surface area (Å²) in [6.07, 6.45) is 1.26. The van der Waals surface area contributed by atoms with Crippen LogP contribution in [0.2, 0.25) is 0 Å². The lowest BCUT2D eigenvalue weighted by atomic mass is 10.1. The molecule has 0 saturated heterocycles. The van der Waals surface area contributed by atoms with E-state index in [1.807, 2.05) is 30.3 Å². The Hall–Kier alpha value is -2.38. The number of nitrogens with zero attached hydrogens (tertiary/aromatic N) is 1. The van der Waals surface area contributed by atoms with E-state index >= 15 is 0 Å². The molecule has 115 valence electrons. The highest BCUT2D eigenvalue weighted by Gasteiger charge is 2.18. The van der Waals surface area contributed by atoms with Gasteiger partial charge in [-0.05, 0) is 11.5 Å². The molecule has 6 nitrogen and oxygen atoms in total. The third-order valence-corrected chi connectivity index (χ3v) is 4.12. The molecular formula is C15H16N3O3S. The van der Waals surface area contributed by atoms with Gasteiger partial charge in [-0.25, -0.2) is 8.42 Å². The minimum atomic E-state index is -3.67. The predicted molar refractivity (Wildman–Crippen MR) is 86.5 cm³/mol. The fourth-order valence-electron chi connectivity index (χ4n) is 2.11. The Bertz CT molecular complexity index is 797. The highest BCUT2D eigenvalue weighted by molar-refractivity contribution is 7.89. The number of benzene rings is 2. The number of hydrogen-bond donors (Lipinski definition) is 1. The first-order valence-electron chi connectivity index (χ1n) is 6.54. The fourth-order valence-corrected chi connectivity index (χ4v) is 3.00. The van der Waals surface area contributed by atoms with Crippen LogP contribution in [0.25, 0.3) is 10.8 Å². The average molecular weight is 318 g/mol. The lowest BCUT2D eigenvalue weighted by Crippen LogP contribution is -2.46. The van der Waals surface area contributed by atoms with Crippen molar-refractivity contribution in [2.45, 2.75) is 0 Å². The Kier molecular flexibility index (Phi) is 4.79. The monoisotopic (exact) mass is 318 g/mol. The lowest BCUT2D eigenvalue weighted by Gasteiger charge is -2.24. The van der Waals surface area contributed by atoms with Crippen LogP contribution in [0, 0.1) is 0 Å². The summed E-state index contributed by atoms with van der Waals surface area (Å²) >= 11 is 0. The highest BCUT2D eigenvalue weighted by Crippen LogP contribution is 2.25. The van der Waals surface area contributed by atoms with Crippen LogP contribution in [0.5, 0.6) is 0 Å². The summed E-state index contributed by atoms with van der Waals surface area (Å²) in [7, 11) is -3.67. The second kappa shape index (κ2) is 6.59. The van der Waals surface area contributed by atoms with Gasteiger partial charge in [0.2, 0.25) is 10.0 Å². The minimum absolute atomic E-state index is 0.277. The van der Waals surface area contributed by atoms with Crippen molar-refractivity contribution in [3.8, 4) is 0 Å². The first kappa shape index (κ1) is 16.0. The SMILES string of the molecule is C=CCS(=O)(=O)NN(CC([NH])=O)c1cccc2ccccc12. The Balaban J connectivity index is 2.48. The Morgan fingerprint density at radius 1 is 1.23 bits per heavy atom. The largest absolute Gasteiger partial charge is 0.285 e. The molecule has 2 rings (SSSR count). The van der Waals surface area contributed by atoms with Crippen LogP contribution < -0.4 is 15.6 Å². The summed E-state index contributed by atoms with van der Waals surface area (Å²) in [5, 5.41) is 2.87. The number of hydrazine groups is 1. The number of carbonyl (C=O) groups excluding carboxylic acids is 1. The van der Waals surface area contributed by atoms with Gasteiger partial charge in [-0.15, -0.1) is 11.4 Å². The minimum Gasteiger partial charge on any atom is -0.285 e. The Labute approximate surface area is 129 Å². The van der Waals surface area contributed by atoms with Gasteiger partial charge in [0.05, 0.1) is 11.4 Å². The summed E-state index contributed by atoms with van der Waals surface area (Å²) in [6, 6.07) is 12.8. The fraction of sp³-hybridized carbons (Fsp3) is 0.133. The van der Waals surface area contributed by atoms with Crippen LogP contribution >= 0.6 is 0 Å². The van der Waals surface area contributed by atoms with Crippen LogP contribution in [0.15, 0.2) is 55.1 Å².